The first-order valence-electron chi connectivity index (χ1n) is 7.72. The maximum absolute atomic E-state index is 12.1. The van der Waals surface area contributed by atoms with Crippen molar-refractivity contribution in [3.05, 3.63) is 66.6 Å². The Bertz CT molecular complexity index is 962. The molecule has 130 valence electrons. The standard InChI is InChI=1S/C18H10Br2N2O4/c19-11-5-3-9-13(17(25)21-15(9)23)7(11)1-2-8-12(20)6-4-10-14(8)18(26)22-16(10)24/h3-6H,1-2H2,(H,21,23,25)(H,22,24,26). The lowest BCUT2D eigenvalue weighted by molar-refractivity contribution is 0.0862. The molecule has 2 aliphatic rings. The van der Waals surface area contributed by atoms with Crippen molar-refractivity contribution >= 4 is 55.5 Å². The highest BCUT2D eigenvalue weighted by Gasteiger charge is 2.32. The highest BCUT2D eigenvalue weighted by molar-refractivity contribution is 9.10. The van der Waals surface area contributed by atoms with Gasteiger partial charge in [0, 0.05) is 8.95 Å². The molecular weight excluding hydrogens is 468 g/mol. The summed E-state index contributed by atoms with van der Waals surface area (Å²) in [6, 6.07) is 6.66. The Balaban J connectivity index is 1.75. The average molecular weight is 478 g/mol. The van der Waals surface area contributed by atoms with Gasteiger partial charge in [-0.1, -0.05) is 31.9 Å². The third-order valence-electron chi connectivity index (χ3n) is 4.53. The fraction of sp³-hybridized carbons (Fsp3) is 0.111. The SMILES string of the molecule is O=C1NC(=O)c2c1ccc(Br)c2CCc1c(Br)ccc2c1C(=O)NC2=O. The van der Waals surface area contributed by atoms with Gasteiger partial charge in [-0.15, -0.1) is 0 Å². The first kappa shape index (κ1) is 17.1. The fourth-order valence-corrected chi connectivity index (χ4v) is 4.40. The van der Waals surface area contributed by atoms with Crippen LogP contribution in [0.15, 0.2) is 33.2 Å². The van der Waals surface area contributed by atoms with Gasteiger partial charge in [0.1, 0.15) is 0 Å². The number of hydrogen-bond acceptors (Lipinski definition) is 4. The Morgan fingerprint density at radius 3 is 1.38 bits per heavy atom. The lowest BCUT2D eigenvalue weighted by atomic mass is 9.94. The number of amides is 4. The van der Waals surface area contributed by atoms with E-state index in [1.54, 1.807) is 24.3 Å². The minimum absolute atomic E-state index is 0.346. The van der Waals surface area contributed by atoms with E-state index in [9.17, 15) is 19.2 Å². The fourth-order valence-electron chi connectivity index (χ4n) is 3.35. The lowest BCUT2D eigenvalue weighted by Gasteiger charge is -2.12. The molecule has 6 nitrogen and oxygen atoms in total. The van der Waals surface area contributed by atoms with Crippen molar-refractivity contribution in [1.29, 1.82) is 0 Å². The molecule has 0 bridgehead atoms. The van der Waals surface area contributed by atoms with E-state index in [2.05, 4.69) is 42.5 Å². The third-order valence-corrected chi connectivity index (χ3v) is 6.02. The molecular formula is C18H10Br2N2O4. The lowest BCUT2D eigenvalue weighted by Crippen LogP contribution is -2.20. The number of fused-ring (bicyclic) bond motifs is 2. The van der Waals surface area contributed by atoms with Gasteiger partial charge in [0.15, 0.2) is 0 Å². The average Bonchev–Trinajstić information content (AvgIpc) is 3.04. The van der Waals surface area contributed by atoms with Gasteiger partial charge in [0.25, 0.3) is 23.6 Å². The number of carbonyl (C=O) groups excluding carboxylic acids is 4. The van der Waals surface area contributed by atoms with Gasteiger partial charge >= 0.3 is 0 Å². The van der Waals surface area contributed by atoms with Crippen LogP contribution in [0, 0.1) is 0 Å². The van der Waals surface area contributed by atoms with Gasteiger partial charge in [-0.2, -0.15) is 0 Å². The van der Waals surface area contributed by atoms with Gasteiger partial charge in [0.2, 0.25) is 0 Å². The number of halogens is 2. The van der Waals surface area contributed by atoms with E-state index >= 15 is 0 Å². The summed E-state index contributed by atoms with van der Waals surface area (Å²) < 4.78 is 1.43. The van der Waals surface area contributed by atoms with Crippen LogP contribution in [0.3, 0.4) is 0 Å². The van der Waals surface area contributed by atoms with Crippen molar-refractivity contribution in [3.8, 4) is 0 Å². The zero-order chi connectivity index (χ0) is 18.6. The van der Waals surface area contributed by atoms with Crippen LogP contribution in [0.5, 0.6) is 0 Å². The Labute approximate surface area is 164 Å². The molecule has 2 aromatic rings. The monoisotopic (exact) mass is 476 g/mol. The predicted molar refractivity (Wildman–Crippen MR) is 99.3 cm³/mol. The number of carbonyl (C=O) groups is 4. The van der Waals surface area contributed by atoms with Crippen LogP contribution in [0.25, 0.3) is 0 Å². The van der Waals surface area contributed by atoms with E-state index in [1.807, 2.05) is 0 Å². The molecule has 0 spiro atoms. The molecule has 0 aliphatic carbocycles. The summed E-state index contributed by atoms with van der Waals surface area (Å²) in [6.07, 6.45) is 0.835. The van der Waals surface area contributed by atoms with Gasteiger partial charge in [0.05, 0.1) is 22.3 Å². The molecule has 0 radical (unpaired) electrons. The molecule has 0 atom stereocenters. The molecule has 0 aromatic heterocycles. The van der Waals surface area contributed by atoms with Crippen LogP contribution in [0.2, 0.25) is 0 Å². The maximum atomic E-state index is 12.1. The van der Waals surface area contributed by atoms with Crippen LogP contribution in [0.4, 0.5) is 0 Å². The number of nitrogens with one attached hydrogen (secondary N) is 2. The predicted octanol–water partition coefficient (Wildman–Crippen LogP) is 2.76. The quantitative estimate of drug-likeness (QED) is 0.665. The Kier molecular flexibility index (Phi) is 4.04. The van der Waals surface area contributed by atoms with Gasteiger partial charge in [-0.05, 0) is 48.2 Å². The van der Waals surface area contributed by atoms with Crippen LogP contribution in [-0.4, -0.2) is 23.6 Å². The largest absolute Gasteiger partial charge is 0.288 e. The summed E-state index contributed by atoms with van der Waals surface area (Å²) >= 11 is 6.87. The molecule has 0 saturated heterocycles. The van der Waals surface area contributed by atoms with E-state index in [0.717, 1.165) is 0 Å². The molecule has 0 fully saturated rings. The topological polar surface area (TPSA) is 92.3 Å². The molecule has 0 unspecified atom stereocenters. The number of hydrogen-bond donors (Lipinski definition) is 2. The van der Waals surface area contributed by atoms with Gasteiger partial charge < -0.3 is 0 Å². The van der Waals surface area contributed by atoms with Crippen LogP contribution < -0.4 is 10.6 Å². The van der Waals surface area contributed by atoms with Crippen LogP contribution in [-0.2, 0) is 12.8 Å². The molecule has 8 heteroatoms. The summed E-state index contributed by atoms with van der Waals surface area (Å²) in [4.78, 5) is 48.0. The zero-order valence-corrected chi connectivity index (χ0v) is 16.3. The minimum atomic E-state index is -0.424. The summed E-state index contributed by atoms with van der Waals surface area (Å²) in [6.45, 7) is 0. The summed E-state index contributed by atoms with van der Waals surface area (Å²) in [5, 5.41) is 4.59. The van der Waals surface area contributed by atoms with E-state index in [1.165, 1.54) is 0 Å². The van der Waals surface area contributed by atoms with Crippen molar-refractivity contribution < 1.29 is 19.2 Å². The number of rotatable bonds is 3. The van der Waals surface area contributed by atoms with Crippen molar-refractivity contribution in [2.45, 2.75) is 12.8 Å². The van der Waals surface area contributed by atoms with Crippen LogP contribution >= 0.6 is 31.9 Å². The Hall–Kier alpha value is -2.32. The van der Waals surface area contributed by atoms with Crippen molar-refractivity contribution in [1.82, 2.24) is 10.6 Å². The van der Waals surface area contributed by atoms with E-state index < -0.39 is 23.6 Å². The molecule has 2 aliphatic heterocycles. The Morgan fingerprint density at radius 1 is 0.615 bits per heavy atom. The smallest absolute Gasteiger partial charge is 0.259 e. The first-order chi connectivity index (χ1) is 12.4. The number of benzene rings is 2. The van der Waals surface area contributed by atoms with Gasteiger partial charge in [-0.3, -0.25) is 29.8 Å². The third kappa shape index (κ3) is 2.52. The molecule has 4 rings (SSSR count). The molecule has 0 saturated carbocycles. The summed E-state index contributed by atoms with van der Waals surface area (Å²) in [5.41, 5.74) is 2.79. The van der Waals surface area contributed by atoms with Gasteiger partial charge in [-0.25, -0.2) is 0 Å². The zero-order valence-electron chi connectivity index (χ0n) is 13.1. The Morgan fingerprint density at radius 2 is 1.00 bits per heavy atom. The highest BCUT2D eigenvalue weighted by Crippen LogP contribution is 2.32. The molecule has 2 heterocycles. The highest BCUT2D eigenvalue weighted by atomic mass is 79.9. The van der Waals surface area contributed by atoms with Crippen molar-refractivity contribution in [2.24, 2.45) is 0 Å². The second-order valence-electron chi connectivity index (χ2n) is 5.96. The minimum Gasteiger partial charge on any atom is -0.288 e. The summed E-state index contributed by atoms with van der Waals surface area (Å²) in [5.74, 6) is -1.67. The van der Waals surface area contributed by atoms with E-state index in [-0.39, 0.29) is 0 Å². The maximum Gasteiger partial charge on any atom is 0.259 e. The van der Waals surface area contributed by atoms with E-state index in [0.29, 0.717) is 55.2 Å². The first-order valence-corrected chi connectivity index (χ1v) is 9.31. The second-order valence-corrected chi connectivity index (χ2v) is 7.67. The molecule has 2 aromatic carbocycles. The molecule has 26 heavy (non-hydrogen) atoms. The van der Waals surface area contributed by atoms with Crippen molar-refractivity contribution in [3.63, 3.8) is 0 Å². The van der Waals surface area contributed by atoms with Crippen molar-refractivity contribution in [2.75, 3.05) is 0 Å². The number of imide groups is 2. The normalized spacial score (nSPS) is 15.0. The molecule has 2 N–H and O–H groups in total. The second kappa shape index (κ2) is 6.14. The van der Waals surface area contributed by atoms with Crippen LogP contribution in [0.1, 0.15) is 52.6 Å². The summed E-state index contributed by atoms with van der Waals surface area (Å²) in [7, 11) is 0. The molecule has 4 amide bonds. The van der Waals surface area contributed by atoms with E-state index in [4.69, 9.17) is 0 Å².